The first-order chi connectivity index (χ1) is 4.34. The molecule has 0 N–H and O–H groups in total. The molecule has 1 rings (SSSR count). The lowest BCUT2D eigenvalue weighted by Gasteiger charge is -1.81. The summed E-state index contributed by atoms with van der Waals surface area (Å²) in [4.78, 5) is 3.70. The topological polar surface area (TPSA) is 49.8 Å². The summed E-state index contributed by atoms with van der Waals surface area (Å²) < 4.78 is 4.75. The van der Waals surface area contributed by atoms with Crippen LogP contribution in [-0.2, 0) is 0 Å². The van der Waals surface area contributed by atoms with Crippen molar-refractivity contribution in [1.82, 2.24) is 4.98 Å². The molecule has 0 bridgehead atoms. The van der Waals surface area contributed by atoms with Crippen molar-refractivity contribution < 1.29 is 4.42 Å². The fraction of sp³-hybridized carbons (Fsp3) is 0. The molecule has 0 saturated carbocycles. The van der Waals surface area contributed by atoms with Crippen molar-refractivity contribution in [2.75, 3.05) is 0 Å². The Labute approximate surface area is 52.2 Å². The molecule has 1 aromatic heterocycles. The molecular formula is C6H4N2O. The maximum Gasteiger partial charge on any atom is 0.236 e. The zero-order chi connectivity index (χ0) is 6.69. The Morgan fingerprint density at radius 3 is 3.11 bits per heavy atom. The molecule has 3 heteroatoms. The standard InChI is InChI=1S/C6H4N2O/c1-5(4-7)6-8-2-3-9-6/h2-3H,1H2. The van der Waals surface area contributed by atoms with Gasteiger partial charge in [0.2, 0.25) is 5.89 Å². The number of nitrogens with zero attached hydrogens (tertiary/aromatic N) is 2. The van der Waals surface area contributed by atoms with Gasteiger partial charge in [0.25, 0.3) is 0 Å². The monoisotopic (exact) mass is 120 g/mol. The van der Waals surface area contributed by atoms with Crippen LogP contribution in [0, 0.1) is 11.3 Å². The number of allylic oxidation sites excluding steroid dienone is 1. The number of hydrogen-bond acceptors (Lipinski definition) is 3. The van der Waals surface area contributed by atoms with Crippen LogP contribution in [0.4, 0.5) is 0 Å². The zero-order valence-electron chi connectivity index (χ0n) is 4.66. The lowest BCUT2D eigenvalue weighted by molar-refractivity contribution is 0.544. The van der Waals surface area contributed by atoms with Gasteiger partial charge in [-0.15, -0.1) is 0 Å². The van der Waals surface area contributed by atoms with Crippen LogP contribution in [-0.4, -0.2) is 4.98 Å². The molecule has 0 radical (unpaired) electrons. The molecule has 0 aliphatic carbocycles. The smallest absolute Gasteiger partial charge is 0.236 e. The van der Waals surface area contributed by atoms with Crippen molar-refractivity contribution >= 4 is 5.57 Å². The molecule has 1 aromatic rings. The first-order valence-corrected chi connectivity index (χ1v) is 2.33. The second kappa shape index (κ2) is 2.14. The fourth-order valence-corrected chi connectivity index (χ4v) is 0.420. The van der Waals surface area contributed by atoms with Crippen LogP contribution >= 0.6 is 0 Å². The highest BCUT2D eigenvalue weighted by atomic mass is 16.3. The Morgan fingerprint density at radius 1 is 1.89 bits per heavy atom. The Bertz CT molecular complexity index is 243. The van der Waals surface area contributed by atoms with E-state index in [0.717, 1.165) is 0 Å². The van der Waals surface area contributed by atoms with Crippen LogP contribution in [0.1, 0.15) is 5.89 Å². The van der Waals surface area contributed by atoms with Crippen molar-refractivity contribution in [3.63, 3.8) is 0 Å². The SMILES string of the molecule is C=C(C#N)c1ncco1. The van der Waals surface area contributed by atoms with Gasteiger partial charge in [-0.1, -0.05) is 6.58 Å². The highest BCUT2D eigenvalue weighted by molar-refractivity contribution is 5.68. The molecule has 0 fully saturated rings. The highest BCUT2D eigenvalue weighted by Crippen LogP contribution is 2.05. The normalized spacial score (nSPS) is 8.33. The third-order valence-electron chi connectivity index (χ3n) is 0.825. The Kier molecular flexibility index (Phi) is 1.32. The molecule has 3 nitrogen and oxygen atoms in total. The zero-order valence-corrected chi connectivity index (χ0v) is 4.66. The number of hydrogen-bond donors (Lipinski definition) is 0. The van der Waals surface area contributed by atoms with Crippen molar-refractivity contribution in [3.8, 4) is 6.07 Å². The van der Waals surface area contributed by atoms with Crippen LogP contribution in [0.5, 0.6) is 0 Å². The van der Waals surface area contributed by atoms with Gasteiger partial charge in [0.1, 0.15) is 17.9 Å². The van der Waals surface area contributed by atoms with E-state index in [0.29, 0.717) is 0 Å². The van der Waals surface area contributed by atoms with Crippen molar-refractivity contribution in [1.29, 1.82) is 5.26 Å². The third kappa shape index (κ3) is 0.970. The van der Waals surface area contributed by atoms with Crippen LogP contribution < -0.4 is 0 Å². The van der Waals surface area contributed by atoms with Gasteiger partial charge in [-0.25, -0.2) is 4.98 Å². The van der Waals surface area contributed by atoms with Gasteiger partial charge in [-0.3, -0.25) is 0 Å². The van der Waals surface area contributed by atoms with Crippen LogP contribution in [0.3, 0.4) is 0 Å². The molecule has 44 valence electrons. The van der Waals surface area contributed by atoms with Gasteiger partial charge < -0.3 is 4.42 Å². The van der Waals surface area contributed by atoms with E-state index >= 15 is 0 Å². The number of oxazole rings is 1. The number of rotatable bonds is 1. The summed E-state index contributed by atoms with van der Waals surface area (Å²) in [5.41, 5.74) is 0.250. The van der Waals surface area contributed by atoms with E-state index in [1.807, 2.05) is 6.07 Å². The number of nitriles is 1. The van der Waals surface area contributed by atoms with Gasteiger partial charge in [0.15, 0.2) is 0 Å². The molecule has 9 heavy (non-hydrogen) atoms. The minimum absolute atomic E-state index is 0.250. The second-order valence-corrected chi connectivity index (χ2v) is 1.43. The van der Waals surface area contributed by atoms with E-state index in [2.05, 4.69) is 11.6 Å². The largest absolute Gasteiger partial charge is 0.444 e. The van der Waals surface area contributed by atoms with Crippen LogP contribution in [0.15, 0.2) is 23.5 Å². The first-order valence-electron chi connectivity index (χ1n) is 2.33. The van der Waals surface area contributed by atoms with E-state index in [4.69, 9.17) is 9.68 Å². The predicted molar refractivity (Wildman–Crippen MR) is 31.1 cm³/mol. The van der Waals surface area contributed by atoms with Crippen molar-refractivity contribution in [2.45, 2.75) is 0 Å². The van der Waals surface area contributed by atoms with E-state index in [1.165, 1.54) is 12.5 Å². The molecule has 0 atom stereocenters. The lowest BCUT2D eigenvalue weighted by atomic mass is 10.3. The number of aromatic nitrogens is 1. The summed E-state index contributed by atoms with van der Waals surface area (Å²) in [6, 6.07) is 1.82. The molecule has 0 aliphatic heterocycles. The lowest BCUT2D eigenvalue weighted by Crippen LogP contribution is -1.75. The summed E-state index contributed by atoms with van der Waals surface area (Å²) >= 11 is 0. The van der Waals surface area contributed by atoms with E-state index in [9.17, 15) is 0 Å². The maximum absolute atomic E-state index is 8.26. The summed E-state index contributed by atoms with van der Waals surface area (Å²) in [5.74, 6) is 0.289. The maximum atomic E-state index is 8.26. The van der Waals surface area contributed by atoms with Gasteiger partial charge in [0, 0.05) is 0 Å². The summed E-state index contributed by atoms with van der Waals surface area (Å²) in [7, 11) is 0. The average Bonchev–Trinajstić information content (AvgIpc) is 2.37. The third-order valence-corrected chi connectivity index (χ3v) is 0.825. The van der Waals surface area contributed by atoms with Gasteiger partial charge in [-0.2, -0.15) is 5.26 Å². The van der Waals surface area contributed by atoms with Crippen LogP contribution in [0.25, 0.3) is 5.57 Å². The van der Waals surface area contributed by atoms with Crippen molar-refractivity contribution in [3.05, 3.63) is 24.9 Å². The second-order valence-electron chi connectivity index (χ2n) is 1.43. The molecule has 0 amide bonds. The molecule has 0 unspecified atom stereocenters. The molecule has 1 heterocycles. The molecule has 0 aliphatic rings. The molecular weight excluding hydrogens is 116 g/mol. The average molecular weight is 120 g/mol. The fourth-order valence-electron chi connectivity index (χ4n) is 0.420. The minimum Gasteiger partial charge on any atom is -0.444 e. The Morgan fingerprint density at radius 2 is 2.67 bits per heavy atom. The quantitative estimate of drug-likeness (QED) is 0.523. The van der Waals surface area contributed by atoms with E-state index in [1.54, 1.807) is 0 Å². The highest BCUT2D eigenvalue weighted by Gasteiger charge is 1.98. The first kappa shape index (κ1) is 5.57. The van der Waals surface area contributed by atoms with E-state index in [-0.39, 0.29) is 11.5 Å². The van der Waals surface area contributed by atoms with Gasteiger partial charge in [0.05, 0.1) is 6.20 Å². The van der Waals surface area contributed by atoms with Crippen molar-refractivity contribution in [2.24, 2.45) is 0 Å². The Balaban J connectivity index is 2.93. The molecule has 0 aromatic carbocycles. The van der Waals surface area contributed by atoms with Gasteiger partial charge >= 0.3 is 0 Å². The predicted octanol–water partition coefficient (Wildman–Crippen LogP) is 1.21. The van der Waals surface area contributed by atoms with E-state index < -0.39 is 0 Å². The molecule has 0 saturated heterocycles. The van der Waals surface area contributed by atoms with Gasteiger partial charge in [-0.05, 0) is 0 Å². The molecule has 0 spiro atoms. The summed E-state index contributed by atoms with van der Waals surface area (Å²) in [6.07, 6.45) is 2.87. The Hall–Kier alpha value is -1.56. The summed E-state index contributed by atoms with van der Waals surface area (Å²) in [6.45, 7) is 3.40. The minimum atomic E-state index is 0.250. The van der Waals surface area contributed by atoms with Crippen LogP contribution in [0.2, 0.25) is 0 Å². The summed E-state index contributed by atoms with van der Waals surface area (Å²) in [5, 5.41) is 8.26.